The maximum Gasteiger partial charge on any atom is 0.306 e. The van der Waals surface area contributed by atoms with Crippen molar-refractivity contribution in [1.82, 2.24) is 0 Å². The number of esters is 3. The van der Waals surface area contributed by atoms with E-state index in [0.29, 0.717) is 19.3 Å². The minimum absolute atomic E-state index is 0.0618. The Morgan fingerprint density at radius 3 is 0.766 bits per heavy atom. The first-order valence-corrected chi connectivity index (χ1v) is 28.9. The minimum atomic E-state index is -0.761. The molecule has 1 atom stereocenters. The lowest BCUT2D eigenvalue weighted by Gasteiger charge is -2.18. The normalized spacial score (nSPS) is 12.0. The fourth-order valence-corrected chi connectivity index (χ4v) is 8.92. The Hall–Kier alpha value is -1.59. The first-order chi connectivity index (χ1) is 31.4. The Kier molecular flexibility index (Phi) is 51.1. The molecule has 6 nitrogen and oxygen atoms in total. The lowest BCUT2D eigenvalue weighted by atomic mass is 10.0. The fourth-order valence-electron chi connectivity index (χ4n) is 8.92. The molecule has 0 aliphatic carbocycles. The van der Waals surface area contributed by atoms with Crippen LogP contribution in [0.2, 0.25) is 0 Å². The van der Waals surface area contributed by atoms with E-state index in [-0.39, 0.29) is 31.1 Å². The summed E-state index contributed by atoms with van der Waals surface area (Å²) in [5, 5.41) is 0. The van der Waals surface area contributed by atoms with E-state index >= 15 is 0 Å². The van der Waals surface area contributed by atoms with Crippen LogP contribution in [-0.2, 0) is 28.6 Å². The first-order valence-electron chi connectivity index (χ1n) is 28.9. The van der Waals surface area contributed by atoms with Gasteiger partial charge in [0.1, 0.15) is 13.2 Å². The molecule has 6 heteroatoms. The fraction of sp³-hybridized carbons (Fsp3) is 0.948. The molecule has 0 saturated carbocycles. The summed E-state index contributed by atoms with van der Waals surface area (Å²) in [6, 6.07) is 0. The predicted octanol–water partition coefficient (Wildman–Crippen LogP) is 19.0. The summed E-state index contributed by atoms with van der Waals surface area (Å²) in [6.07, 6.45) is 56.6. The molecule has 0 heterocycles. The maximum absolute atomic E-state index is 12.8. The second-order valence-electron chi connectivity index (χ2n) is 20.4. The highest BCUT2D eigenvalue weighted by molar-refractivity contribution is 5.71. The van der Waals surface area contributed by atoms with Crippen LogP contribution in [-0.4, -0.2) is 37.2 Å². The van der Waals surface area contributed by atoms with Crippen LogP contribution in [0.3, 0.4) is 0 Å². The standard InChI is InChI=1S/C58H112O6/c1-5-7-9-11-13-15-17-19-21-25-29-33-37-41-45-49-56(59)62-52-55(64-58(61)51-47-43-39-35-31-26-22-20-18-16-14-12-10-8-6-2)53-63-57(60)50-46-42-38-34-30-27-23-24-28-32-36-40-44-48-54(3)4/h54-55H,5-53H2,1-4H3/t55-/m0/s1. The van der Waals surface area contributed by atoms with E-state index in [4.69, 9.17) is 14.2 Å². The third-order valence-corrected chi connectivity index (χ3v) is 13.3. The van der Waals surface area contributed by atoms with E-state index < -0.39 is 6.10 Å². The summed E-state index contributed by atoms with van der Waals surface area (Å²) in [4.78, 5) is 38.1. The van der Waals surface area contributed by atoms with Gasteiger partial charge in [0.25, 0.3) is 0 Å². The average molecular weight is 906 g/mol. The average Bonchev–Trinajstić information content (AvgIpc) is 3.28. The van der Waals surface area contributed by atoms with Gasteiger partial charge in [-0.15, -0.1) is 0 Å². The number of carbonyl (C=O) groups is 3. The minimum Gasteiger partial charge on any atom is -0.462 e. The van der Waals surface area contributed by atoms with Gasteiger partial charge in [0.2, 0.25) is 0 Å². The molecule has 0 radical (unpaired) electrons. The van der Waals surface area contributed by atoms with E-state index in [2.05, 4.69) is 27.7 Å². The van der Waals surface area contributed by atoms with Crippen LogP contribution < -0.4 is 0 Å². The predicted molar refractivity (Wildman–Crippen MR) is 275 cm³/mol. The number of hydrogen-bond acceptors (Lipinski definition) is 6. The van der Waals surface area contributed by atoms with Crippen LogP contribution in [0.1, 0.15) is 329 Å². The smallest absolute Gasteiger partial charge is 0.306 e. The van der Waals surface area contributed by atoms with Gasteiger partial charge < -0.3 is 14.2 Å². The van der Waals surface area contributed by atoms with Crippen LogP contribution >= 0.6 is 0 Å². The molecule has 380 valence electrons. The second kappa shape index (κ2) is 52.4. The molecule has 0 N–H and O–H groups in total. The lowest BCUT2D eigenvalue weighted by Crippen LogP contribution is -2.30. The molecule has 0 aliphatic rings. The first kappa shape index (κ1) is 62.4. The molecule has 0 rings (SSSR count). The van der Waals surface area contributed by atoms with Crippen LogP contribution in [0.25, 0.3) is 0 Å². The molecule has 0 aromatic rings. The molecule has 0 fully saturated rings. The highest BCUT2D eigenvalue weighted by Gasteiger charge is 2.19. The van der Waals surface area contributed by atoms with Crippen molar-refractivity contribution in [3.8, 4) is 0 Å². The zero-order valence-corrected chi connectivity index (χ0v) is 43.8. The van der Waals surface area contributed by atoms with E-state index in [1.54, 1.807) is 0 Å². The zero-order valence-electron chi connectivity index (χ0n) is 43.8. The maximum atomic E-state index is 12.8. The van der Waals surface area contributed by atoms with Gasteiger partial charge in [-0.3, -0.25) is 14.4 Å². The van der Waals surface area contributed by atoms with Crippen molar-refractivity contribution < 1.29 is 28.6 Å². The van der Waals surface area contributed by atoms with Crippen LogP contribution in [0, 0.1) is 5.92 Å². The topological polar surface area (TPSA) is 78.9 Å². The van der Waals surface area contributed by atoms with Gasteiger partial charge in [0.05, 0.1) is 0 Å². The quantitative estimate of drug-likeness (QED) is 0.0344. The molecule has 0 amide bonds. The Labute approximate surface area is 399 Å². The van der Waals surface area contributed by atoms with Crippen LogP contribution in [0.5, 0.6) is 0 Å². The number of unbranched alkanes of at least 4 members (excludes halogenated alkanes) is 40. The summed E-state index contributed by atoms with van der Waals surface area (Å²) in [5.74, 6) is 0.00513. The monoisotopic (exact) mass is 905 g/mol. The van der Waals surface area contributed by atoms with E-state index in [1.807, 2.05) is 0 Å². The van der Waals surface area contributed by atoms with Crippen molar-refractivity contribution >= 4 is 17.9 Å². The van der Waals surface area contributed by atoms with Crippen molar-refractivity contribution in [3.05, 3.63) is 0 Å². The van der Waals surface area contributed by atoms with Crippen molar-refractivity contribution in [3.63, 3.8) is 0 Å². The Morgan fingerprint density at radius 2 is 0.516 bits per heavy atom. The second-order valence-corrected chi connectivity index (χ2v) is 20.4. The summed E-state index contributed by atoms with van der Waals surface area (Å²) in [7, 11) is 0. The van der Waals surface area contributed by atoms with Crippen molar-refractivity contribution in [2.24, 2.45) is 5.92 Å². The number of ether oxygens (including phenoxy) is 3. The Balaban J connectivity index is 4.30. The van der Waals surface area contributed by atoms with Crippen molar-refractivity contribution in [2.45, 2.75) is 336 Å². The summed E-state index contributed by atoms with van der Waals surface area (Å²) < 4.78 is 16.9. The third-order valence-electron chi connectivity index (χ3n) is 13.3. The number of rotatable bonds is 53. The number of carbonyl (C=O) groups excluding carboxylic acids is 3. The van der Waals surface area contributed by atoms with Gasteiger partial charge in [-0.05, 0) is 25.2 Å². The Bertz CT molecular complexity index is 964. The summed E-state index contributed by atoms with van der Waals surface area (Å²) in [5.41, 5.74) is 0. The zero-order chi connectivity index (χ0) is 46.7. The van der Waals surface area contributed by atoms with E-state index in [1.165, 1.54) is 225 Å². The van der Waals surface area contributed by atoms with Gasteiger partial charge in [0.15, 0.2) is 6.10 Å². The molecule has 0 spiro atoms. The van der Waals surface area contributed by atoms with Gasteiger partial charge in [0, 0.05) is 19.3 Å². The Morgan fingerprint density at radius 1 is 0.297 bits per heavy atom. The molecule has 0 unspecified atom stereocenters. The molecule has 0 aromatic heterocycles. The summed E-state index contributed by atoms with van der Waals surface area (Å²) in [6.45, 7) is 9.06. The van der Waals surface area contributed by atoms with Crippen molar-refractivity contribution in [1.29, 1.82) is 0 Å². The number of hydrogen-bond donors (Lipinski definition) is 0. The molecular formula is C58H112O6. The molecule has 0 aliphatic heterocycles. The molecular weight excluding hydrogens is 793 g/mol. The molecule has 0 aromatic carbocycles. The van der Waals surface area contributed by atoms with E-state index in [0.717, 1.165) is 63.7 Å². The highest BCUT2D eigenvalue weighted by Crippen LogP contribution is 2.18. The van der Waals surface area contributed by atoms with Gasteiger partial charge >= 0.3 is 17.9 Å². The van der Waals surface area contributed by atoms with Gasteiger partial charge in [-0.25, -0.2) is 0 Å². The van der Waals surface area contributed by atoms with Crippen molar-refractivity contribution in [2.75, 3.05) is 13.2 Å². The van der Waals surface area contributed by atoms with Crippen LogP contribution in [0.15, 0.2) is 0 Å². The molecule has 64 heavy (non-hydrogen) atoms. The van der Waals surface area contributed by atoms with E-state index in [9.17, 15) is 14.4 Å². The largest absolute Gasteiger partial charge is 0.462 e. The third kappa shape index (κ3) is 51.4. The summed E-state index contributed by atoms with van der Waals surface area (Å²) >= 11 is 0. The highest BCUT2D eigenvalue weighted by atomic mass is 16.6. The SMILES string of the molecule is CCCCCCCCCCCCCCCCCC(=O)OC[C@@H](COC(=O)CCCCCCCCCCCCCCCC(C)C)OC(=O)CCCCCCCCCCCCCCCCC. The molecule has 0 bridgehead atoms. The van der Waals surface area contributed by atoms with Gasteiger partial charge in [-0.2, -0.15) is 0 Å². The van der Waals surface area contributed by atoms with Crippen LogP contribution in [0.4, 0.5) is 0 Å². The van der Waals surface area contributed by atoms with Gasteiger partial charge in [-0.1, -0.05) is 291 Å². The lowest BCUT2D eigenvalue weighted by molar-refractivity contribution is -0.167. The molecule has 0 saturated heterocycles.